The minimum atomic E-state index is -0.421. The fraction of sp³-hybridized carbons (Fsp3) is 0.160. The number of aromatic nitrogens is 2. The summed E-state index contributed by atoms with van der Waals surface area (Å²) in [5, 5.41) is 7.57. The van der Waals surface area contributed by atoms with Crippen molar-refractivity contribution in [1.29, 1.82) is 0 Å². The molecule has 2 aromatic carbocycles. The molecule has 0 spiro atoms. The van der Waals surface area contributed by atoms with Crippen LogP contribution in [0.15, 0.2) is 76.9 Å². The van der Waals surface area contributed by atoms with Crippen LogP contribution in [0.3, 0.4) is 0 Å². The smallest absolute Gasteiger partial charge is 0.295 e. The molecule has 168 valence electrons. The molecule has 0 bridgehead atoms. The SMILES string of the molecule is Cc1c(NC(=O)c2cccc(NC(=O)CCc3cccs3)c2)c(=O)n(-c2ccccc2)n1C. The summed E-state index contributed by atoms with van der Waals surface area (Å²) in [5.74, 6) is -0.540. The lowest BCUT2D eigenvalue weighted by Gasteiger charge is -2.08. The normalized spacial score (nSPS) is 10.7. The molecule has 0 saturated carbocycles. The van der Waals surface area contributed by atoms with E-state index in [1.165, 1.54) is 4.68 Å². The lowest BCUT2D eigenvalue weighted by molar-refractivity contribution is -0.116. The zero-order chi connectivity index (χ0) is 23.4. The fourth-order valence-corrected chi connectivity index (χ4v) is 4.26. The summed E-state index contributed by atoms with van der Waals surface area (Å²) in [6.45, 7) is 1.78. The first-order chi connectivity index (χ1) is 15.9. The van der Waals surface area contributed by atoms with Crippen LogP contribution < -0.4 is 16.2 Å². The lowest BCUT2D eigenvalue weighted by atomic mass is 10.1. The standard InChI is InChI=1S/C25H24N4O3S/c1-17-23(25(32)29(28(17)2)20-10-4-3-5-11-20)27-24(31)18-8-6-9-19(16-18)26-22(30)14-13-21-12-7-15-33-21/h3-12,15-16H,13-14H2,1-2H3,(H,26,30)(H,27,31). The highest BCUT2D eigenvalue weighted by molar-refractivity contribution is 7.09. The molecular weight excluding hydrogens is 436 g/mol. The first kappa shape index (κ1) is 22.3. The van der Waals surface area contributed by atoms with Gasteiger partial charge in [-0.15, -0.1) is 11.3 Å². The highest BCUT2D eigenvalue weighted by Gasteiger charge is 2.19. The van der Waals surface area contributed by atoms with Gasteiger partial charge in [0.15, 0.2) is 0 Å². The molecule has 0 saturated heterocycles. The van der Waals surface area contributed by atoms with Gasteiger partial charge in [-0.05, 0) is 55.1 Å². The number of hydrogen-bond acceptors (Lipinski definition) is 4. The van der Waals surface area contributed by atoms with Crippen molar-refractivity contribution in [3.63, 3.8) is 0 Å². The predicted octanol–water partition coefficient (Wildman–Crippen LogP) is 4.37. The second kappa shape index (κ2) is 9.70. The molecule has 0 radical (unpaired) electrons. The van der Waals surface area contributed by atoms with Gasteiger partial charge in [0.2, 0.25) is 5.91 Å². The van der Waals surface area contributed by atoms with Gasteiger partial charge in [0.1, 0.15) is 5.69 Å². The van der Waals surface area contributed by atoms with Crippen LogP contribution in [0.4, 0.5) is 11.4 Å². The zero-order valence-corrected chi connectivity index (χ0v) is 19.2. The first-order valence-electron chi connectivity index (χ1n) is 10.5. The van der Waals surface area contributed by atoms with Gasteiger partial charge in [-0.3, -0.25) is 19.1 Å². The third kappa shape index (κ3) is 4.96. The Labute approximate surface area is 195 Å². The Balaban J connectivity index is 1.48. The van der Waals surface area contributed by atoms with Crippen molar-refractivity contribution in [2.24, 2.45) is 7.05 Å². The third-order valence-corrected chi connectivity index (χ3v) is 6.32. The molecule has 7 nitrogen and oxygen atoms in total. The Bertz CT molecular complexity index is 1340. The minimum Gasteiger partial charge on any atom is -0.326 e. The van der Waals surface area contributed by atoms with E-state index in [2.05, 4.69) is 10.6 Å². The summed E-state index contributed by atoms with van der Waals surface area (Å²) in [7, 11) is 1.77. The van der Waals surface area contributed by atoms with E-state index < -0.39 is 5.91 Å². The number of para-hydroxylation sites is 1. The maximum absolute atomic E-state index is 13.0. The van der Waals surface area contributed by atoms with E-state index in [-0.39, 0.29) is 17.2 Å². The van der Waals surface area contributed by atoms with Gasteiger partial charge in [0.05, 0.1) is 11.4 Å². The lowest BCUT2D eigenvalue weighted by Crippen LogP contribution is -2.23. The number of thiophene rings is 1. The molecule has 2 aromatic heterocycles. The third-order valence-electron chi connectivity index (χ3n) is 5.38. The highest BCUT2D eigenvalue weighted by atomic mass is 32.1. The second-order valence-corrected chi connectivity index (χ2v) is 8.63. The van der Waals surface area contributed by atoms with Crippen molar-refractivity contribution in [2.75, 3.05) is 10.6 Å². The van der Waals surface area contributed by atoms with E-state index in [0.717, 1.165) is 4.88 Å². The molecule has 2 N–H and O–H groups in total. The highest BCUT2D eigenvalue weighted by Crippen LogP contribution is 2.17. The monoisotopic (exact) mass is 460 g/mol. The van der Waals surface area contributed by atoms with E-state index in [1.54, 1.807) is 54.3 Å². The topological polar surface area (TPSA) is 85.1 Å². The predicted molar refractivity (Wildman–Crippen MR) is 131 cm³/mol. The van der Waals surface area contributed by atoms with Crippen LogP contribution in [-0.4, -0.2) is 21.2 Å². The van der Waals surface area contributed by atoms with E-state index in [4.69, 9.17) is 0 Å². The number of anilines is 2. The number of benzene rings is 2. The molecule has 0 atom stereocenters. The average molecular weight is 461 g/mol. The fourth-order valence-electron chi connectivity index (χ4n) is 3.55. The molecular formula is C25H24N4O3S. The molecule has 0 fully saturated rings. The van der Waals surface area contributed by atoms with Gasteiger partial charge in [-0.2, -0.15) is 0 Å². The van der Waals surface area contributed by atoms with Gasteiger partial charge in [-0.1, -0.05) is 30.3 Å². The van der Waals surface area contributed by atoms with Crippen LogP contribution in [0, 0.1) is 6.92 Å². The van der Waals surface area contributed by atoms with Crippen LogP contribution in [0.25, 0.3) is 5.69 Å². The average Bonchev–Trinajstić information content (AvgIpc) is 3.41. The van der Waals surface area contributed by atoms with Gasteiger partial charge in [0, 0.05) is 29.6 Å². The molecule has 0 aliphatic carbocycles. The number of nitrogens with one attached hydrogen (secondary N) is 2. The minimum absolute atomic E-state index is 0.120. The van der Waals surface area contributed by atoms with Crippen molar-refractivity contribution in [3.05, 3.63) is 98.6 Å². The largest absolute Gasteiger partial charge is 0.326 e. The first-order valence-corrected chi connectivity index (χ1v) is 11.4. The zero-order valence-electron chi connectivity index (χ0n) is 18.4. The Morgan fingerprint density at radius 1 is 0.970 bits per heavy atom. The van der Waals surface area contributed by atoms with Crippen molar-refractivity contribution < 1.29 is 9.59 Å². The van der Waals surface area contributed by atoms with Gasteiger partial charge < -0.3 is 10.6 Å². The summed E-state index contributed by atoms with van der Waals surface area (Å²) in [4.78, 5) is 39.4. The maximum atomic E-state index is 13.0. The van der Waals surface area contributed by atoms with Crippen LogP contribution in [0.5, 0.6) is 0 Å². The Morgan fingerprint density at radius 3 is 2.48 bits per heavy atom. The van der Waals surface area contributed by atoms with Crippen molar-refractivity contribution >= 4 is 34.5 Å². The maximum Gasteiger partial charge on any atom is 0.295 e. The van der Waals surface area contributed by atoms with Crippen molar-refractivity contribution in [1.82, 2.24) is 9.36 Å². The molecule has 4 rings (SSSR count). The summed E-state index contributed by atoms with van der Waals surface area (Å²) >= 11 is 1.62. The summed E-state index contributed by atoms with van der Waals surface area (Å²) < 4.78 is 3.21. The Morgan fingerprint density at radius 2 is 1.76 bits per heavy atom. The molecule has 4 aromatic rings. The number of nitrogens with zero attached hydrogens (tertiary/aromatic N) is 2. The Kier molecular flexibility index (Phi) is 6.55. The van der Waals surface area contributed by atoms with Gasteiger partial charge in [-0.25, -0.2) is 4.68 Å². The number of amides is 2. The van der Waals surface area contributed by atoms with Gasteiger partial charge in [0.25, 0.3) is 11.5 Å². The molecule has 0 aliphatic rings. The number of carbonyl (C=O) groups excluding carboxylic acids is 2. The Hall–Kier alpha value is -3.91. The summed E-state index contributed by atoms with van der Waals surface area (Å²) in [6.07, 6.45) is 1.03. The van der Waals surface area contributed by atoms with Crippen LogP contribution in [0.2, 0.25) is 0 Å². The van der Waals surface area contributed by atoms with E-state index in [9.17, 15) is 14.4 Å². The summed E-state index contributed by atoms with van der Waals surface area (Å²) in [5.41, 5.74) is 2.13. The van der Waals surface area contributed by atoms with Crippen molar-refractivity contribution in [3.8, 4) is 5.69 Å². The number of aryl methyl sites for hydroxylation is 1. The van der Waals surface area contributed by atoms with Gasteiger partial charge >= 0.3 is 0 Å². The number of carbonyl (C=O) groups is 2. The molecule has 0 unspecified atom stereocenters. The molecule has 2 amide bonds. The van der Waals surface area contributed by atoms with Crippen molar-refractivity contribution in [2.45, 2.75) is 19.8 Å². The van der Waals surface area contributed by atoms with E-state index in [1.807, 2.05) is 47.8 Å². The van der Waals surface area contributed by atoms with Crippen LogP contribution in [-0.2, 0) is 18.3 Å². The summed E-state index contributed by atoms with van der Waals surface area (Å²) in [6, 6.07) is 19.9. The van der Waals surface area contributed by atoms with E-state index >= 15 is 0 Å². The number of rotatable bonds is 7. The molecule has 8 heteroatoms. The number of hydrogen-bond donors (Lipinski definition) is 2. The second-order valence-electron chi connectivity index (χ2n) is 7.60. The molecule has 0 aliphatic heterocycles. The molecule has 2 heterocycles. The quantitative estimate of drug-likeness (QED) is 0.430. The van der Waals surface area contributed by atoms with Crippen LogP contribution in [0.1, 0.15) is 27.3 Å². The van der Waals surface area contributed by atoms with Crippen LogP contribution >= 0.6 is 11.3 Å². The molecule has 33 heavy (non-hydrogen) atoms. The van der Waals surface area contributed by atoms with E-state index in [0.29, 0.717) is 35.5 Å².